The molecule has 0 spiro atoms. The van der Waals surface area contributed by atoms with Gasteiger partial charge in [0.15, 0.2) is 0 Å². The molecule has 1 aliphatic heterocycles. The predicted octanol–water partition coefficient (Wildman–Crippen LogP) is 4.12. The average Bonchev–Trinajstić information content (AvgIpc) is 2.71. The van der Waals surface area contributed by atoms with Crippen molar-refractivity contribution < 1.29 is 8.42 Å². The van der Waals surface area contributed by atoms with E-state index >= 15 is 0 Å². The van der Waals surface area contributed by atoms with Gasteiger partial charge in [-0.1, -0.05) is 18.2 Å². The van der Waals surface area contributed by atoms with E-state index in [-0.39, 0.29) is 24.8 Å². The molecular weight excluding hydrogens is 467 g/mol. The van der Waals surface area contributed by atoms with Gasteiger partial charge in [-0.25, -0.2) is 8.42 Å². The van der Waals surface area contributed by atoms with Gasteiger partial charge >= 0.3 is 0 Å². The number of sulfonamides is 1. The third kappa shape index (κ3) is 6.72. The number of hydrogen-bond donors (Lipinski definition) is 1. The van der Waals surface area contributed by atoms with Crippen LogP contribution >= 0.6 is 24.8 Å². The summed E-state index contributed by atoms with van der Waals surface area (Å²) in [6.07, 6.45) is 2.07. The second-order valence-corrected chi connectivity index (χ2v) is 9.70. The number of pyridine rings is 1. The molecule has 1 fully saturated rings. The summed E-state index contributed by atoms with van der Waals surface area (Å²) >= 11 is 0. The van der Waals surface area contributed by atoms with Gasteiger partial charge in [-0.15, -0.1) is 24.8 Å². The lowest BCUT2D eigenvalue weighted by Gasteiger charge is -2.36. The number of aromatic nitrogens is 1. The highest BCUT2D eigenvalue weighted by atomic mass is 35.5. The van der Waals surface area contributed by atoms with Crippen molar-refractivity contribution >= 4 is 57.1 Å². The van der Waals surface area contributed by atoms with Crippen molar-refractivity contribution in [1.29, 1.82) is 0 Å². The van der Waals surface area contributed by atoms with E-state index in [2.05, 4.69) is 55.9 Å². The van der Waals surface area contributed by atoms with Gasteiger partial charge in [-0.3, -0.25) is 14.6 Å². The zero-order valence-corrected chi connectivity index (χ0v) is 20.8. The van der Waals surface area contributed by atoms with E-state index in [0.29, 0.717) is 5.69 Å². The Labute approximate surface area is 202 Å². The smallest absolute Gasteiger partial charge is 0.229 e. The number of benzene rings is 2. The molecule has 1 saturated heterocycles. The highest BCUT2D eigenvalue weighted by Crippen LogP contribution is 2.27. The molecule has 1 aromatic heterocycles. The van der Waals surface area contributed by atoms with Gasteiger partial charge < -0.3 is 4.90 Å². The summed E-state index contributed by atoms with van der Waals surface area (Å²) in [5.41, 5.74) is 5.12. The van der Waals surface area contributed by atoms with E-state index in [1.807, 2.05) is 19.1 Å². The van der Waals surface area contributed by atoms with Crippen molar-refractivity contribution in [3.8, 4) is 0 Å². The molecule has 3 aromatic rings. The highest BCUT2D eigenvalue weighted by Gasteiger charge is 2.18. The first-order chi connectivity index (χ1) is 14.4. The topological polar surface area (TPSA) is 65.5 Å². The summed E-state index contributed by atoms with van der Waals surface area (Å²) in [5.74, 6) is 0. The van der Waals surface area contributed by atoms with Gasteiger partial charge in [-0.05, 0) is 55.3 Å². The number of anilines is 2. The van der Waals surface area contributed by atoms with Crippen LogP contribution in [0.2, 0.25) is 0 Å². The second kappa shape index (κ2) is 11.2. The molecule has 1 aliphatic rings. The van der Waals surface area contributed by atoms with Crippen molar-refractivity contribution in [1.82, 2.24) is 9.88 Å². The Morgan fingerprint density at radius 1 is 0.969 bits per heavy atom. The Morgan fingerprint density at radius 2 is 1.69 bits per heavy atom. The van der Waals surface area contributed by atoms with Gasteiger partial charge in [0.1, 0.15) is 0 Å². The average molecular weight is 497 g/mol. The van der Waals surface area contributed by atoms with Crippen LogP contribution in [0.25, 0.3) is 10.9 Å². The summed E-state index contributed by atoms with van der Waals surface area (Å²) in [7, 11) is -3.25. The number of piperazine rings is 1. The molecule has 2 aromatic carbocycles. The molecule has 0 amide bonds. The molecule has 0 bridgehead atoms. The minimum Gasteiger partial charge on any atom is -0.368 e. The zero-order chi connectivity index (χ0) is 21.1. The Kier molecular flexibility index (Phi) is 9.16. The van der Waals surface area contributed by atoms with Crippen molar-refractivity contribution in [2.45, 2.75) is 13.3 Å². The first-order valence-corrected chi connectivity index (χ1v) is 12.2. The second-order valence-electron chi connectivity index (χ2n) is 7.95. The lowest BCUT2D eigenvalue weighted by Crippen LogP contribution is -2.47. The molecule has 4 rings (SSSR count). The van der Waals surface area contributed by atoms with Crippen LogP contribution in [-0.4, -0.2) is 57.3 Å². The third-order valence-corrected chi connectivity index (χ3v) is 6.11. The maximum absolute atomic E-state index is 11.4. The predicted molar refractivity (Wildman–Crippen MR) is 138 cm³/mol. The first kappa shape index (κ1) is 26.2. The Hall–Kier alpha value is -2.06. The zero-order valence-electron chi connectivity index (χ0n) is 18.3. The van der Waals surface area contributed by atoms with Crippen LogP contribution in [0.15, 0.2) is 54.6 Å². The molecule has 9 heteroatoms. The lowest BCUT2D eigenvalue weighted by atomic mass is 10.1. The van der Waals surface area contributed by atoms with E-state index in [1.165, 1.54) is 17.3 Å². The number of nitrogens with zero attached hydrogens (tertiary/aromatic N) is 3. The highest BCUT2D eigenvalue weighted by molar-refractivity contribution is 7.92. The maximum atomic E-state index is 11.4. The van der Waals surface area contributed by atoms with Gasteiger partial charge in [0.2, 0.25) is 10.0 Å². The van der Waals surface area contributed by atoms with Gasteiger partial charge in [0.25, 0.3) is 0 Å². The minimum atomic E-state index is -3.25. The standard InChI is InChI=1S/C23H28N4O2S.2ClH/c1-18-9-10-21-22(24-18)7-4-8-23(21)27-15-13-26(14-16-27)12-11-19-5-3-6-20(17-19)25-30(2,28)29;;/h3-10,17,25H,11-16H2,1-2H3;2*1H. The van der Waals surface area contributed by atoms with E-state index in [0.717, 1.165) is 55.9 Å². The van der Waals surface area contributed by atoms with Crippen LogP contribution in [0, 0.1) is 6.92 Å². The quantitative estimate of drug-likeness (QED) is 0.555. The van der Waals surface area contributed by atoms with Crippen molar-refractivity contribution in [3.63, 3.8) is 0 Å². The van der Waals surface area contributed by atoms with Crippen molar-refractivity contribution in [2.24, 2.45) is 0 Å². The molecule has 0 unspecified atom stereocenters. The number of rotatable bonds is 6. The molecule has 2 heterocycles. The van der Waals surface area contributed by atoms with E-state index in [4.69, 9.17) is 0 Å². The van der Waals surface area contributed by atoms with Crippen LogP contribution in [0.1, 0.15) is 11.3 Å². The van der Waals surface area contributed by atoms with Gasteiger partial charge in [0, 0.05) is 55.2 Å². The number of halogens is 2. The van der Waals surface area contributed by atoms with E-state index in [9.17, 15) is 8.42 Å². The van der Waals surface area contributed by atoms with Crippen LogP contribution in [0.5, 0.6) is 0 Å². The fourth-order valence-corrected chi connectivity index (χ4v) is 4.58. The Bertz CT molecular complexity index is 1150. The third-order valence-electron chi connectivity index (χ3n) is 5.51. The maximum Gasteiger partial charge on any atom is 0.229 e. The van der Waals surface area contributed by atoms with Crippen LogP contribution < -0.4 is 9.62 Å². The molecule has 0 atom stereocenters. The summed E-state index contributed by atoms with van der Waals surface area (Å²) < 4.78 is 25.4. The first-order valence-electron chi connectivity index (χ1n) is 10.3. The van der Waals surface area contributed by atoms with Crippen molar-refractivity contribution in [2.75, 3.05) is 48.6 Å². The largest absolute Gasteiger partial charge is 0.368 e. The number of hydrogen-bond acceptors (Lipinski definition) is 5. The molecule has 0 aliphatic carbocycles. The van der Waals surface area contributed by atoms with Crippen LogP contribution in [0.4, 0.5) is 11.4 Å². The van der Waals surface area contributed by atoms with Crippen molar-refractivity contribution in [3.05, 3.63) is 65.9 Å². The fourth-order valence-electron chi connectivity index (χ4n) is 4.02. The van der Waals surface area contributed by atoms with Gasteiger partial charge in [0.05, 0.1) is 11.8 Å². The Balaban J connectivity index is 0.00000181. The molecule has 0 saturated carbocycles. The van der Waals surface area contributed by atoms with Crippen LogP contribution in [0.3, 0.4) is 0 Å². The lowest BCUT2D eigenvalue weighted by molar-refractivity contribution is 0.261. The summed E-state index contributed by atoms with van der Waals surface area (Å²) in [6, 6.07) is 18.3. The normalized spacial score (nSPS) is 14.5. The minimum absolute atomic E-state index is 0. The molecular formula is C23H30Cl2N4O2S. The monoisotopic (exact) mass is 496 g/mol. The molecule has 6 nitrogen and oxygen atoms in total. The number of nitrogens with one attached hydrogen (secondary N) is 1. The molecule has 0 radical (unpaired) electrons. The number of fused-ring (bicyclic) bond motifs is 1. The van der Waals surface area contributed by atoms with E-state index < -0.39 is 10.0 Å². The molecule has 174 valence electrons. The van der Waals surface area contributed by atoms with E-state index in [1.54, 1.807) is 6.07 Å². The van der Waals surface area contributed by atoms with Crippen LogP contribution in [-0.2, 0) is 16.4 Å². The number of aryl methyl sites for hydroxylation is 1. The SMILES string of the molecule is Cc1ccc2c(N3CCN(CCc4cccc(NS(C)(=O)=O)c4)CC3)cccc2n1.Cl.Cl. The fraction of sp³-hybridized carbons (Fsp3) is 0.348. The Morgan fingerprint density at radius 3 is 2.41 bits per heavy atom. The van der Waals surface area contributed by atoms with Gasteiger partial charge in [-0.2, -0.15) is 0 Å². The molecule has 32 heavy (non-hydrogen) atoms. The molecule has 1 N–H and O–H groups in total. The summed E-state index contributed by atoms with van der Waals surface area (Å²) in [5, 5.41) is 1.21. The summed E-state index contributed by atoms with van der Waals surface area (Å²) in [4.78, 5) is 9.58. The summed E-state index contributed by atoms with van der Waals surface area (Å²) in [6.45, 7) is 6.99.